The Morgan fingerprint density at radius 2 is 1.57 bits per heavy atom. The van der Waals surface area contributed by atoms with Crippen LogP contribution in [0, 0.1) is 6.92 Å². The number of hydrogen-bond acceptors (Lipinski definition) is 3. The number of rotatable bonds is 5. The summed E-state index contributed by atoms with van der Waals surface area (Å²) < 4.78 is 27.5. The first kappa shape index (κ1) is 19.9. The lowest BCUT2D eigenvalue weighted by Crippen LogP contribution is -2.29. The van der Waals surface area contributed by atoms with Gasteiger partial charge in [-0.2, -0.15) is 0 Å². The van der Waals surface area contributed by atoms with E-state index in [1.54, 1.807) is 67.6 Å². The van der Waals surface area contributed by atoms with Crippen LogP contribution < -0.4 is 9.62 Å². The number of amides is 1. The van der Waals surface area contributed by atoms with Gasteiger partial charge in [-0.15, -0.1) is 0 Å². The van der Waals surface area contributed by atoms with Crippen LogP contribution in [0.1, 0.15) is 15.9 Å². The molecule has 0 fully saturated rings. The van der Waals surface area contributed by atoms with Crippen LogP contribution in [0.2, 0.25) is 5.02 Å². The van der Waals surface area contributed by atoms with Crippen molar-refractivity contribution in [1.29, 1.82) is 0 Å². The molecule has 1 N–H and O–H groups in total. The number of sulfonamides is 1. The van der Waals surface area contributed by atoms with Crippen molar-refractivity contribution in [1.82, 2.24) is 0 Å². The topological polar surface area (TPSA) is 66.5 Å². The normalized spacial score (nSPS) is 11.1. The van der Waals surface area contributed by atoms with Gasteiger partial charge >= 0.3 is 0 Å². The van der Waals surface area contributed by atoms with Gasteiger partial charge in [0.25, 0.3) is 15.9 Å². The SMILES string of the molecule is Cc1c(Cl)cccc1NC(=O)c1ccccc1S(=O)(=O)N(C)c1ccccc1. The molecule has 3 aromatic carbocycles. The first-order valence-electron chi connectivity index (χ1n) is 8.52. The Labute approximate surface area is 169 Å². The van der Waals surface area contributed by atoms with E-state index in [4.69, 9.17) is 11.6 Å². The molecule has 0 aliphatic carbocycles. The van der Waals surface area contributed by atoms with Gasteiger partial charge in [0.05, 0.1) is 11.3 Å². The average Bonchev–Trinajstić information content (AvgIpc) is 2.71. The molecule has 0 bridgehead atoms. The summed E-state index contributed by atoms with van der Waals surface area (Å²) >= 11 is 6.10. The van der Waals surface area contributed by atoms with Crippen LogP contribution in [0.4, 0.5) is 11.4 Å². The minimum absolute atomic E-state index is 0.0599. The van der Waals surface area contributed by atoms with Crippen molar-refractivity contribution in [3.63, 3.8) is 0 Å². The number of benzene rings is 3. The van der Waals surface area contributed by atoms with Gasteiger partial charge in [-0.05, 0) is 48.9 Å². The third-order valence-electron chi connectivity index (χ3n) is 4.41. The summed E-state index contributed by atoms with van der Waals surface area (Å²) in [5.74, 6) is -0.522. The lowest BCUT2D eigenvalue weighted by molar-refractivity contribution is 0.102. The minimum Gasteiger partial charge on any atom is -0.322 e. The van der Waals surface area contributed by atoms with Crippen molar-refractivity contribution in [2.24, 2.45) is 0 Å². The first-order valence-corrected chi connectivity index (χ1v) is 10.3. The molecule has 0 saturated heterocycles. The number of halogens is 1. The molecule has 0 radical (unpaired) electrons. The standard InChI is InChI=1S/C21H19ClN2O3S/c1-15-18(22)12-8-13-19(15)23-21(25)17-11-6-7-14-20(17)28(26,27)24(2)16-9-4-3-5-10-16/h3-14H,1-2H3,(H,23,25). The molecular weight excluding hydrogens is 396 g/mol. The van der Waals surface area contributed by atoms with Gasteiger partial charge in [-0.3, -0.25) is 9.10 Å². The largest absolute Gasteiger partial charge is 0.322 e. The Hall–Kier alpha value is -2.83. The quantitative estimate of drug-likeness (QED) is 0.656. The monoisotopic (exact) mass is 414 g/mol. The zero-order valence-electron chi connectivity index (χ0n) is 15.4. The van der Waals surface area contributed by atoms with Crippen molar-refractivity contribution < 1.29 is 13.2 Å². The Morgan fingerprint density at radius 1 is 0.929 bits per heavy atom. The van der Waals surface area contributed by atoms with E-state index >= 15 is 0 Å². The number of nitrogens with one attached hydrogen (secondary N) is 1. The van der Waals surface area contributed by atoms with Crippen LogP contribution in [0.15, 0.2) is 77.7 Å². The van der Waals surface area contributed by atoms with Gasteiger partial charge in [-0.25, -0.2) is 8.42 Å². The highest BCUT2D eigenvalue weighted by molar-refractivity contribution is 7.92. The second-order valence-corrected chi connectivity index (χ2v) is 8.52. The van der Waals surface area contributed by atoms with Crippen molar-refractivity contribution in [3.05, 3.63) is 88.9 Å². The predicted octanol–water partition coefficient (Wildman–Crippen LogP) is 4.73. The molecule has 0 unspecified atom stereocenters. The average molecular weight is 415 g/mol. The molecule has 0 aliphatic heterocycles. The van der Waals surface area contributed by atoms with Crippen molar-refractivity contribution >= 4 is 38.9 Å². The molecule has 0 aromatic heterocycles. The summed E-state index contributed by atoms with van der Waals surface area (Å²) in [7, 11) is -2.47. The molecule has 0 spiro atoms. The predicted molar refractivity (Wildman–Crippen MR) is 113 cm³/mol. The summed E-state index contributed by atoms with van der Waals surface area (Å²) in [5, 5.41) is 3.27. The van der Waals surface area contributed by atoms with Gasteiger partial charge < -0.3 is 5.32 Å². The molecule has 3 aromatic rings. The van der Waals surface area contributed by atoms with E-state index in [-0.39, 0.29) is 10.5 Å². The smallest absolute Gasteiger partial charge is 0.264 e. The number of carbonyl (C=O) groups excluding carboxylic acids is 1. The lowest BCUT2D eigenvalue weighted by atomic mass is 10.1. The van der Waals surface area contributed by atoms with Crippen LogP contribution in [0.5, 0.6) is 0 Å². The Kier molecular flexibility index (Phi) is 5.72. The van der Waals surface area contributed by atoms with Crippen LogP contribution in [-0.4, -0.2) is 21.4 Å². The van der Waals surface area contributed by atoms with Gasteiger partial charge in [-0.1, -0.05) is 48.0 Å². The maximum Gasteiger partial charge on any atom is 0.264 e. The molecule has 1 amide bonds. The molecule has 144 valence electrons. The molecule has 7 heteroatoms. The fourth-order valence-electron chi connectivity index (χ4n) is 2.74. The third kappa shape index (κ3) is 3.88. The highest BCUT2D eigenvalue weighted by atomic mass is 35.5. The summed E-state index contributed by atoms with van der Waals surface area (Å²) in [4.78, 5) is 12.8. The third-order valence-corrected chi connectivity index (χ3v) is 6.66. The Morgan fingerprint density at radius 3 is 2.29 bits per heavy atom. The molecule has 0 heterocycles. The van der Waals surface area contributed by atoms with Gasteiger partial charge in [0, 0.05) is 17.8 Å². The second kappa shape index (κ2) is 8.04. The Bertz CT molecular complexity index is 1120. The number of carbonyl (C=O) groups is 1. The van der Waals surface area contributed by atoms with Gasteiger partial charge in [0.2, 0.25) is 0 Å². The summed E-state index contributed by atoms with van der Waals surface area (Å²) in [6, 6.07) is 20.0. The van der Waals surface area contributed by atoms with Crippen molar-refractivity contribution in [2.75, 3.05) is 16.7 Å². The number of nitrogens with zero attached hydrogens (tertiary/aromatic N) is 1. The van der Waals surface area contributed by atoms with E-state index in [1.165, 1.54) is 19.2 Å². The van der Waals surface area contributed by atoms with Crippen LogP contribution in [0.3, 0.4) is 0 Å². The van der Waals surface area contributed by atoms with E-state index in [0.29, 0.717) is 22.0 Å². The van der Waals surface area contributed by atoms with E-state index in [2.05, 4.69) is 5.32 Å². The minimum atomic E-state index is -3.93. The molecule has 0 atom stereocenters. The summed E-state index contributed by atoms with van der Waals surface area (Å²) in [5.41, 5.74) is 1.80. The zero-order valence-corrected chi connectivity index (χ0v) is 17.0. The molecule has 5 nitrogen and oxygen atoms in total. The van der Waals surface area contributed by atoms with E-state index in [0.717, 1.165) is 4.31 Å². The molecule has 0 aliphatic rings. The lowest BCUT2D eigenvalue weighted by Gasteiger charge is -2.21. The summed E-state index contributed by atoms with van der Waals surface area (Å²) in [6.45, 7) is 1.78. The maximum absolute atomic E-state index is 13.2. The molecule has 28 heavy (non-hydrogen) atoms. The molecule has 0 saturated carbocycles. The molecular formula is C21H19ClN2O3S. The zero-order chi connectivity index (χ0) is 20.3. The number of para-hydroxylation sites is 1. The fraction of sp³-hybridized carbons (Fsp3) is 0.0952. The van der Waals surface area contributed by atoms with E-state index in [1.807, 2.05) is 0 Å². The van der Waals surface area contributed by atoms with Crippen LogP contribution >= 0.6 is 11.6 Å². The van der Waals surface area contributed by atoms with E-state index in [9.17, 15) is 13.2 Å². The highest BCUT2D eigenvalue weighted by Crippen LogP contribution is 2.27. The van der Waals surface area contributed by atoms with Crippen LogP contribution in [-0.2, 0) is 10.0 Å². The number of anilines is 2. The summed E-state index contributed by atoms with van der Waals surface area (Å²) in [6.07, 6.45) is 0. The number of hydrogen-bond donors (Lipinski definition) is 1. The second-order valence-electron chi connectivity index (χ2n) is 6.17. The first-order chi connectivity index (χ1) is 13.3. The van der Waals surface area contributed by atoms with Crippen LogP contribution in [0.25, 0.3) is 0 Å². The molecule has 3 rings (SSSR count). The Balaban J connectivity index is 1.99. The van der Waals surface area contributed by atoms with Gasteiger partial charge in [0.15, 0.2) is 0 Å². The van der Waals surface area contributed by atoms with Gasteiger partial charge in [0.1, 0.15) is 4.90 Å². The van der Waals surface area contributed by atoms with Crippen molar-refractivity contribution in [3.8, 4) is 0 Å². The maximum atomic E-state index is 13.2. The fourth-order valence-corrected chi connectivity index (χ4v) is 4.29. The van der Waals surface area contributed by atoms with Crippen molar-refractivity contribution in [2.45, 2.75) is 11.8 Å². The van der Waals surface area contributed by atoms with E-state index < -0.39 is 15.9 Å². The highest BCUT2D eigenvalue weighted by Gasteiger charge is 2.27.